The van der Waals surface area contributed by atoms with Crippen LogP contribution in [0.25, 0.3) is 0 Å². The monoisotopic (exact) mass is 473 g/mol. The molecular formula is C18H21ClIN3O2. The van der Waals surface area contributed by atoms with Gasteiger partial charge in [-0.05, 0) is 41.8 Å². The summed E-state index contributed by atoms with van der Waals surface area (Å²) in [6, 6.07) is 11.8. The molecule has 0 saturated heterocycles. The number of halogens is 2. The largest absolute Gasteiger partial charge is 0.486 e. The van der Waals surface area contributed by atoms with Crippen molar-refractivity contribution in [3.8, 4) is 11.5 Å². The molecule has 0 aliphatic carbocycles. The minimum atomic E-state index is 0. The van der Waals surface area contributed by atoms with Crippen molar-refractivity contribution >= 4 is 47.2 Å². The third-order valence-electron chi connectivity index (χ3n) is 3.72. The van der Waals surface area contributed by atoms with E-state index in [9.17, 15) is 0 Å². The predicted octanol–water partition coefficient (Wildman–Crippen LogP) is 4.22. The van der Waals surface area contributed by atoms with Crippen molar-refractivity contribution < 1.29 is 9.47 Å². The van der Waals surface area contributed by atoms with Crippen LogP contribution in [-0.2, 0) is 13.0 Å². The summed E-state index contributed by atoms with van der Waals surface area (Å²) in [4.78, 5) is 4.35. The number of benzene rings is 2. The lowest BCUT2D eigenvalue weighted by atomic mass is 10.1. The van der Waals surface area contributed by atoms with Crippen LogP contribution in [0.3, 0.4) is 0 Å². The number of nitrogens with zero attached hydrogens (tertiary/aromatic N) is 1. The molecule has 25 heavy (non-hydrogen) atoms. The van der Waals surface area contributed by atoms with Gasteiger partial charge in [0.2, 0.25) is 0 Å². The van der Waals surface area contributed by atoms with Crippen LogP contribution in [0.15, 0.2) is 41.4 Å². The summed E-state index contributed by atoms with van der Waals surface area (Å²) in [5.74, 6) is 1.60. The average molecular weight is 474 g/mol. The highest BCUT2D eigenvalue weighted by molar-refractivity contribution is 14.0. The van der Waals surface area contributed by atoms with Gasteiger partial charge in [0, 0.05) is 5.69 Å². The van der Waals surface area contributed by atoms with E-state index >= 15 is 0 Å². The van der Waals surface area contributed by atoms with Crippen LogP contribution in [0.2, 0.25) is 5.02 Å². The van der Waals surface area contributed by atoms with Crippen LogP contribution in [-0.4, -0.2) is 19.2 Å². The Balaban J connectivity index is 0.00000225. The molecule has 2 aromatic rings. The summed E-state index contributed by atoms with van der Waals surface area (Å²) in [6.45, 7) is 3.56. The fourth-order valence-electron chi connectivity index (χ4n) is 2.44. The third-order valence-corrected chi connectivity index (χ3v) is 4.00. The second-order valence-electron chi connectivity index (χ2n) is 5.48. The first-order valence-electron chi connectivity index (χ1n) is 7.89. The molecule has 0 spiro atoms. The molecule has 134 valence electrons. The van der Waals surface area contributed by atoms with Gasteiger partial charge in [-0.2, -0.15) is 0 Å². The van der Waals surface area contributed by atoms with Crippen LogP contribution < -0.4 is 20.5 Å². The lowest BCUT2D eigenvalue weighted by molar-refractivity contribution is 0.171. The molecule has 1 aliphatic heterocycles. The van der Waals surface area contributed by atoms with Crippen molar-refractivity contribution in [1.82, 2.24) is 0 Å². The number of nitrogens with two attached hydrogens (primary N) is 1. The molecule has 0 aromatic heterocycles. The van der Waals surface area contributed by atoms with Crippen molar-refractivity contribution in [1.29, 1.82) is 0 Å². The zero-order valence-corrected chi connectivity index (χ0v) is 17.0. The van der Waals surface area contributed by atoms with E-state index in [1.807, 2.05) is 24.3 Å². The van der Waals surface area contributed by atoms with Crippen molar-refractivity contribution in [3.05, 3.63) is 52.5 Å². The van der Waals surface area contributed by atoms with E-state index in [-0.39, 0.29) is 24.0 Å². The minimum Gasteiger partial charge on any atom is -0.486 e. The number of rotatable bonds is 4. The third kappa shape index (κ3) is 5.15. The van der Waals surface area contributed by atoms with Gasteiger partial charge in [0.25, 0.3) is 0 Å². The Bertz CT molecular complexity index is 751. The highest BCUT2D eigenvalue weighted by atomic mass is 127. The fourth-order valence-corrected chi connectivity index (χ4v) is 2.73. The van der Waals surface area contributed by atoms with Crippen molar-refractivity contribution in [3.63, 3.8) is 0 Å². The van der Waals surface area contributed by atoms with E-state index in [1.54, 1.807) is 0 Å². The van der Waals surface area contributed by atoms with Crippen LogP contribution in [0, 0.1) is 0 Å². The number of aryl methyl sites for hydroxylation is 1. The van der Waals surface area contributed by atoms with Gasteiger partial charge in [0.1, 0.15) is 13.2 Å². The van der Waals surface area contributed by atoms with E-state index < -0.39 is 0 Å². The van der Waals surface area contributed by atoms with Gasteiger partial charge in [-0.25, -0.2) is 4.99 Å². The molecule has 2 aromatic carbocycles. The van der Waals surface area contributed by atoms with Gasteiger partial charge < -0.3 is 20.5 Å². The van der Waals surface area contributed by atoms with Crippen LogP contribution in [0.1, 0.15) is 18.1 Å². The molecule has 0 unspecified atom stereocenters. The van der Waals surface area contributed by atoms with Crippen molar-refractivity contribution in [2.24, 2.45) is 10.7 Å². The molecule has 0 amide bonds. The normalized spacial score (nSPS) is 13.1. The van der Waals surface area contributed by atoms with Gasteiger partial charge in [0.05, 0.1) is 11.6 Å². The molecule has 0 saturated carbocycles. The number of nitrogens with one attached hydrogen (secondary N) is 1. The fraction of sp³-hybridized carbons (Fsp3) is 0.278. The van der Waals surface area contributed by atoms with E-state index in [0.29, 0.717) is 42.2 Å². The quantitative estimate of drug-likeness (QED) is 0.396. The summed E-state index contributed by atoms with van der Waals surface area (Å²) in [7, 11) is 0. The number of guanidine groups is 1. The molecule has 1 aliphatic rings. The smallest absolute Gasteiger partial charge is 0.193 e. The number of aliphatic imine (C=N–C) groups is 1. The van der Waals surface area contributed by atoms with Crippen LogP contribution >= 0.6 is 35.6 Å². The van der Waals surface area contributed by atoms with Gasteiger partial charge in [0.15, 0.2) is 17.5 Å². The zero-order chi connectivity index (χ0) is 16.9. The molecule has 5 nitrogen and oxygen atoms in total. The first-order chi connectivity index (χ1) is 11.7. The first-order valence-corrected chi connectivity index (χ1v) is 8.27. The lowest BCUT2D eigenvalue weighted by Gasteiger charge is -2.20. The number of ether oxygens (including phenoxy) is 2. The average Bonchev–Trinajstić information content (AvgIpc) is 2.61. The Labute approximate surface area is 169 Å². The van der Waals surface area contributed by atoms with E-state index in [1.165, 1.54) is 5.56 Å². The van der Waals surface area contributed by atoms with Crippen molar-refractivity contribution in [2.45, 2.75) is 19.9 Å². The summed E-state index contributed by atoms with van der Waals surface area (Å²) in [6.07, 6.45) is 1.01. The summed E-state index contributed by atoms with van der Waals surface area (Å²) < 4.78 is 11.1. The molecule has 0 radical (unpaired) electrons. The summed E-state index contributed by atoms with van der Waals surface area (Å²) >= 11 is 6.22. The molecule has 0 atom stereocenters. The molecule has 7 heteroatoms. The van der Waals surface area contributed by atoms with Crippen molar-refractivity contribution in [2.75, 3.05) is 18.5 Å². The van der Waals surface area contributed by atoms with Crippen LogP contribution in [0.4, 0.5) is 5.69 Å². The zero-order valence-electron chi connectivity index (χ0n) is 13.9. The first kappa shape index (κ1) is 19.7. The topological polar surface area (TPSA) is 68.9 Å². The van der Waals surface area contributed by atoms with E-state index in [0.717, 1.165) is 17.7 Å². The van der Waals surface area contributed by atoms with Gasteiger partial charge in [-0.1, -0.05) is 30.7 Å². The second kappa shape index (κ2) is 9.15. The highest BCUT2D eigenvalue weighted by Crippen LogP contribution is 2.38. The Morgan fingerprint density at radius 3 is 2.60 bits per heavy atom. The van der Waals surface area contributed by atoms with Crippen LogP contribution in [0.5, 0.6) is 11.5 Å². The standard InChI is InChI=1S/C18H20ClN3O2.HI/c1-2-12-3-5-14(6-4-12)22-18(20)21-11-13-9-15(19)17-16(10-13)23-7-8-24-17;/h3-6,9-10H,2,7-8,11H2,1H3,(H3,20,21,22);1H. The lowest BCUT2D eigenvalue weighted by Crippen LogP contribution is -2.22. The molecule has 0 bridgehead atoms. The second-order valence-corrected chi connectivity index (χ2v) is 5.89. The molecular weight excluding hydrogens is 453 g/mol. The molecule has 0 fully saturated rings. The Kier molecular flexibility index (Phi) is 7.19. The van der Waals surface area contributed by atoms with E-state index in [2.05, 4.69) is 29.4 Å². The predicted molar refractivity (Wildman–Crippen MR) is 113 cm³/mol. The maximum atomic E-state index is 6.22. The van der Waals surface area contributed by atoms with E-state index in [4.69, 9.17) is 26.8 Å². The summed E-state index contributed by atoms with van der Waals surface area (Å²) in [5, 5.41) is 3.61. The minimum absolute atomic E-state index is 0. The highest BCUT2D eigenvalue weighted by Gasteiger charge is 2.16. The molecule has 3 rings (SSSR count). The summed E-state index contributed by atoms with van der Waals surface area (Å²) in [5.41, 5.74) is 9.05. The number of hydrogen-bond acceptors (Lipinski definition) is 3. The molecule has 3 N–H and O–H groups in total. The van der Waals surface area contributed by atoms with Gasteiger partial charge >= 0.3 is 0 Å². The maximum absolute atomic E-state index is 6.22. The maximum Gasteiger partial charge on any atom is 0.193 e. The Morgan fingerprint density at radius 2 is 1.88 bits per heavy atom. The number of hydrogen-bond donors (Lipinski definition) is 2. The number of anilines is 1. The molecule has 1 heterocycles. The van der Waals surface area contributed by atoms with Gasteiger partial charge in [-0.3, -0.25) is 0 Å². The number of fused-ring (bicyclic) bond motifs is 1. The Hall–Kier alpha value is -1.67. The van der Waals surface area contributed by atoms with Gasteiger partial charge in [-0.15, -0.1) is 24.0 Å². The Morgan fingerprint density at radius 1 is 1.16 bits per heavy atom. The SMILES string of the molecule is CCc1ccc(NC(N)=NCc2cc(Cl)c3c(c2)OCCO3)cc1.I.